The molecular weight excluding hydrogens is 474 g/mol. The normalized spacial score (nSPS) is 14.5. The number of nitrogens with zero attached hydrogens (tertiary/aromatic N) is 1. The first-order valence-corrected chi connectivity index (χ1v) is 11.9. The molecule has 2 aromatic rings. The molecule has 2 aromatic carbocycles. The molecule has 0 bridgehead atoms. The molecule has 3 N–H and O–H groups in total. The van der Waals surface area contributed by atoms with Crippen molar-refractivity contribution in [3.05, 3.63) is 52.0 Å². The number of anilines is 1. The van der Waals surface area contributed by atoms with Crippen molar-refractivity contribution in [2.24, 2.45) is 0 Å². The van der Waals surface area contributed by atoms with E-state index in [0.29, 0.717) is 22.5 Å². The largest absolute Gasteiger partial charge is 0.497 e. The van der Waals surface area contributed by atoms with E-state index < -0.39 is 21.6 Å². The second-order valence-corrected chi connectivity index (χ2v) is 9.93. The van der Waals surface area contributed by atoms with E-state index in [1.165, 1.54) is 19.2 Å². The van der Waals surface area contributed by atoms with E-state index in [1.54, 1.807) is 23.7 Å². The van der Waals surface area contributed by atoms with Crippen molar-refractivity contribution in [1.82, 2.24) is 10.4 Å². The maximum atomic E-state index is 12.8. The number of halogens is 1. The molecule has 0 saturated carbocycles. The van der Waals surface area contributed by atoms with Gasteiger partial charge in [0.2, 0.25) is 0 Å². The van der Waals surface area contributed by atoms with Gasteiger partial charge in [0.15, 0.2) is 9.84 Å². The zero-order chi connectivity index (χ0) is 21.7. The molecule has 0 spiro atoms. The van der Waals surface area contributed by atoms with Crippen molar-refractivity contribution in [3.63, 3.8) is 0 Å². The smallest absolute Gasteiger partial charge is 0.276 e. The van der Waals surface area contributed by atoms with Gasteiger partial charge in [0.05, 0.1) is 23.3 Å². The van der Waals surface area contributed by atoms with E-state index in [4.69, 9.17) is 9.94 Å². The minimum atomic E-state index is -3.67. The Hall–Kier alpha value is -2.14. The van der Waals surface area contributed by atoms with E-state index in [1.807, 2.05) is 6.07 Å². The van der Waals surface area contributed by atoms with Gasteiger partial charge in [0.1, 0.15) is 11.6 Å². The van der Waals surface area contributed by atoms with Crippen LogP contribution in [0.15, 0.2) is 45.8 Å². The Morgan fingerprint density at radius 3 is 2.47 bits per heavy atom. The lowest BCUT2D eigenvalue weighted by atomic mass is 10.1. The lowest BCUT2D eigenvalue weighted by Gasteiger charge is -2.21. The number of methoxy groups -OCH3 is 1. The van der Waals surface area contributed by atoms with E-state index >= 15 is 0 Å². The van der Waals surface area contributed by atoms with Gasteiger partial charge in [0, 0.05) is 11.0 Å². The number of ether oxygens (including phenoxy) is 1. The molecule has 0 aliphatic carbocycles. The van der Waals surface area contributed by atoms with Gasteiger partial charge in [-0.25, -0.2) is 13.9 Å². The zero-order valence-corrected chi connectivity index (χ0v) is 18.9. The summed E-state index contributed by atoms with van der Waals surface area (Å²) in [5.41, 5.74) is 2.95. The monoisotopic (exact) mass is 497 g/mol. The molecule has 162 valence electrons. The molecule has 0 radical (unpaired) electrons. The number of amides is 1. The molecule has 10 heteroatoms. The van der Waals surface area contributed by atoms with Crippen molar-refractivity contribution in [3.8, 4) is 5.75 Å². The molecule has 3 rings (SSSR count). The fraction of sp³-hybridized carbons (Fsp3) is 0.350. The number of rotatable bonds is 8. The third kappa shape index (κ3) is 5.31. The molecule has 1 amide bonds. The summed E-state index contributed by atoms with van der Waals surface area (Å²) in [5, 5.41) is 12.1. The molecule has 0 aromatic heterocycles. The highest BCUT2D eigenvalue weighted by molar-refractivity contribution is 9.10. The molecule has 1 saturated heterocycles. The van der Waals surface area contributed by atoms with Crippen LogP contribution in [0.4, 0.5) is 5.69 Å². The van der Waals surface area contributed by atoms with E-state index in [-0.39, 0.29) is 10.5 Å². The standard InChI is InChI=1S/C20H24BrN3O5S/c1-29-16-4-6-17(7-5-16)30(27,28)13-22-19-14(12-24-8-2-3-9-24)10-15(21)11-18(19)20(25)23-26/h4-7,10-11,22,26H,2-3,8-9,12-13H2,1H3,(H,23,25). The summed E-state index contributed by atoms with van der Waals surface area (Å²) in [5.74, 6) is -0.562. The van der Waals surface area contributed by atoms with Gasteiger partial charge in [-0.3, -0.25) is 14.9 Å². The highest BCUT2D eigenvalue weighted by Crippen LogP contribution is 2.29. The first kappa shape index (κ1) is 22.5. The van der Waals surface area contributed by atoms with Crippen LogP contribution in [-0.4, -0.2) is 50.5 Å². The fourth-order valence-corrected chi connectivity index (χ4v) is 5.01. The predicted octanol–water partition coefficient (Wildman–Crippen LogP) is 3.02. The van der Waals surface area contributed by atoms with Crippen molar-refractivity contribution < 1.29 is 23.2 Å². The molecule has 0 unspecified atom stereocenters. The second-order valence-electron chi connectivity index (χ2n) is 7.02. The number of carbonyl (C=O) groups is 1. The van der Waals surface area contributed by atoms with Crippen LogP contribution in [0.25, 0.3) is 0 Å². The number of likely N-dealkylation sites (tertiary alicyclic amines) is 1. The molecule has 1 heterocycles. The number of carbonyl (C=O) groups excluding carboxylic acids is 1. The predicted molar refractivity (Wildman–Crippen MR) is 117 cm³/mol. The van der Waals surface area contributed by atoms with Crippen LogP contribution in [0.3, 0.4) is 0 Å². The van der Waals surface area contributed by atoms with Gasteiger partial charge < -0.3 is 10.1 Å². The summed E-state index contributed by atoms with van der Waals surface area (Å²) in [6, 6.07) is 9.51. The highest BCUT2D eigenvalue weighted by atomic mass is 79.9. The maximum absolute atomic E-state index is 12.8. The molecule has 30 heavy (non-hydrogen) atoms. The number of hydrogen-bond acceptors (Lipinski definition) is 7. The van der Waals surface area contributed by atoms with Crippen LogP contribution in [0, 0.1) is 0 Å². The molecule has 1 aliphatic rings. The van der Waals surface area contributed by atoms with Crippen molar-refractivity contribution in [1.29, 1.82) is 0 Å². The van der Waals surface area contributed by atoms with Gasteiger partial charge in [-0.15, -0.1) is 0 Å². The SMILES string of the molecule is COc1ccc(S(=O)(=O)CNc2c(CN3CCCC3)cc(Br)cc2C(=O)NO)cc1. The Morgan fingerprint density at radius 2 is 1.87 bits per heavy atom. The summed E-state index contributed by atoms with van der Waals surface area (Å²) in [6.07, 6.45) is 2.21. The Labute approximate surface area is 184 Å². The molecule has 1 aliphatic heterocycles. The lowest BCUT2D eigenvalue weighted by Crippen LogP contribution is -2.25. The Morgan fingerprint density at radius 1 is 1.20 bits per heavy atom. The van der Waals surface area contributed by atoms with Crippen LogP contribution in [0.5, 0.6) is 5.75 Å². The van der Waals surface area contributed by atoms with Gasteiger partial charge in [-0.2, -0.15) is 0 Å². The number of sulfone groups is 1. The van der Waals surface area contributed by atoms with Crippen LogP contribution < -0.4 is 15.5 Å². The number of hydrogen-bond donors (Lipinski definition) is 3. The minimum absolute atomic E-state index is 0.141. The average Bonchev–Trinajstić information content (AvgIpc) is 3.25. The second kappa shape index (κ2) is 9.78. The Kier molecular flexibility index (Phi) is 7.35. The summed E-state index contributed by atoms with van der Waals surface area (Å²) < 4.78 is 31.3. The fourth-order valence-electron chi connectivity index (χ4n) is 3.45. The average molecular weight is 498 g/mol. The summed E-state index contributed by atoms with van der Waals surface area (Å²) >= 11 is 3.40. The topological polar surface area (TPSA) is 108 Å². The van der Waals surface area contributed by atoms with E-state index in [0.717, 1.165) is 31.5 Å². The number of hydroxylamine groups is 1. The Bertz CT molecular complexity index is 1010. The van der Waals surface area contributed by atoms with Crippen LogP contribution in [-0.2, 0) is 16.4 Å². The third-order valence-corrected chi connectivity index (χ3v) is 6.95. The van der Waals surface area contributed by atoms with Gasteiger partial charge in [-0.05, 0) is 67.9 Å². The quantitative estimate of drug-likeness (QED) is 0.379. The van der Waals surface area contributed by atoms with Crippen molar-refractivity contribution >= 4 is 37.4 Å². The van der Waals surface area contributed by atoms with Crippen molar-refractivity contribution in [2.75, 3.05) is 31.4 Å². The van der Waals surface area contributed by atoms with Gasteiger partial charge in [-0.1, -0.05) is 15.9 Å². The number of nitrogens with one attached hydrogen (secondary N) is 2. The van der Waals surface area contributed by atoms with Crippen molar-refractivity contribution in [2.45, 2.75) is 24.3 Å². The van der Waals surface area contributed by atoms with Gasteiger partial charge in [0.25, 0.3) is 5.91 Å². The minimum Gasteiger partial charge on any atom is -0.497 e. The number of benzene rings is 2. The molecule has 0 atom stereocenters. The first-order valence-electron chi connectivity index (χ1n) is 9.44. The van der Waals surface area contributed by atoms with E-state index in [2.05, 4.69) is 26.1 Å². The van der Waals surface area contributed by atoms with Gasteiger partial charge >= 0.3 is 0 Å². The van der Waals surface area contributed by atoms with Crippen LogP contribution >= 0.6 is 15.9 Å². The summed E-state index contributed by atoms with van der Waals surface area (Å²) in [6.45, 7) is 2.45. The summed E-state index contributed by atoms with van der Waals surface area (Å²) in [4.78, 5) is 14.6. The maximum Gasteiger partial charge on any atom is 0.276 e. The van der Waals surface area contributed by atoms with Crippen LogP contribution in [0.2, 0.25) is 0 Å². The zero-order valence-electron chi connectivity index (χ0n) is 16.5. The third-order valence-electron chi connectivity index (χ3n) is 4.98. The highest BCUT2D eigenvalue weighted by Gasteiger charge is 2.22. The van der Waals surface area contributed by atoms with E-state index in [9.17, 15) is 13.2 Å². The Balaban J connectivity index is 1.90. The lowest BCUT2D eigenvalue weighted by molar-refractivity contribution is 0.0707. The molecule has 1 fully saturated rings. The van der Waals surface area contributed by atoms with Crippen LogP contribution in [0.1, 0.15) is 28.8 Å². The summed E-state index contributed by atoms with van der Waals surface area (Å²) in [7, 11) is -2.16. The molecular formula is C20H24BrN3O5S. The first-order chi connectivity index (χ1) is 14.3. The molecule has 8 nitrogen and oxygen atoms in total.